The first kappa shape index (κ1) is 16.2. The van der Waals surface area contributed by atoms with Crippen LogP contribution in [0.2, 0.25) is 0 Å². The topological polar surface area (TPSA) is 63.3 Å². The molecule has 3 aromatic rings. The SMILES string of the molecule is CC1(C)CNC(c2ccc(C#Cc3cc4ccccc4nc3N)cc2)=N1. The Hall–Kier alpha value is -3.32. The zero-order valence-corrected chi connectivity index (χ0v) is 14.9. The average molecular weight is 340 g/mol. The van der Waals surface area contributed by atoms with Crippen molar-refractivity contribution >= 4 is 22.6 Å². The molecule has 1 aliphatic heterocycles. The maximum absolute atomic E-state index is 6.05. The van der Waals surface area contributed by atoms with Gasteiger partial charge >= 0.3 is 0 Å². The molecular formula is C22H20N4. The number of benzene rings is 2. The van der Waals surface area contributed by atoms with E-state index in [4.69, 9.17) is 10.7 Å². The van der Waals surface area contributed by atoms with Gasteiger partial charge in [0.05, 0.1) is 16.6 Å². The molecular weight excluding hydrogens is 320 g/mol. The Morgan fingerprint density at radius 2 is 1.81 bits per heavy atom. The van der Waals surface area contributed by atoms with Gasteiger partial charge in [0, 0.05) is 23.1 Å². The Labute approximate surface area is 153 Å². The van der Waals surface area contributed by atoms with Gasteiger partial charge in [0.2, 0.25) is 0 Å². The molecule has 1 aromatic heterocycles. The summed E-state index contributed by atoms with van der Waals surface area (Å²) < 4.78 is 0. The van der Waals surface area contributed by atoms with Gasteiger partial charge in [0.15, 0.2) is 0 Å². The Morgan fingerprint density at radius 1 is 1.04 bits per heavy atom. The van der Waals surface area contributed by atoms with Gasteiger partial charge in [-0.2, -0.15) is 0 Å². The summed E-state index contributed by atoms with van der Waals surface area (Å²) in [5.74, 6) is 7.71. The van der Waals surface area contributed by atoms with Crippen molar-refractivity contribution in [1.29, 1.82) is 0 Å². The second kappa shape index (κ2) is 6.20. The van der Waals surface area contributed by atoms with Crippen molar-refractivity contribution in [2.24, 2.45) is 4.99 Å². The van der Waals surface area contributed by atoms with Gasteiger partial charge in [-0.1, -0.05) is 42.2 Å². The van der Waals surface area contributed by atoms with Gasteiger partial charge in [-0.15, -0.1) is 0 Å². The highest BCUT2D eigenvalue weighted by atomic mass is 15.1. The highest BCUT2D eigenvalue weighted by Gasteiger charge is 2.24. The fourth-order valence-electron chi connectivity index (χ4n) is 2.93. The molecule has 4 heteroatoms. The van der Waals surface area contributed by atoms with Crippen LogP contribution in [0.1, 0.15) is 30.5 Å². The molecule has 2 heterocycles. The summed E-state index contributed by atoms with van der Waals surface area (Å²) in [5, 5.41) is 4.39. The first-order valence-corrected chi connectivity index (χ1v) is 8.62. The van der Waals surface area contributed by atoms with Gasteiger partial charge in [0.1, 0.15) is 11.7 Å². The van der Waals surface area contributed by atoms with Crippen LogP contribution in [0, 0.1) is 11.8 Å². The van der Waals surface area contributed by atoms with Crippen LogP contribution >= 0.6 is 0 Å². The lowest BCUT2D eigenvalue weighted by Gasteiger charge is -2.09. The number of anilines is 1. The Kier molecular flexibility index (Phi) is 3.85. The van der Waals surface area contributed by atoms with Gasteiger partial charge in [0.25, 0.3) is 0 Å². The Bertz CT molecular complexity index is 1070. The molecule has 0 unspecified atom stereocenters. The molecule has 0 saturated heterocycles. The van der Waals surface area contributed by atoms with E-state index in [1.807, 2.05) is 54.6 Å². The molecule has 0 bridgehead atoms. The number of pyridine rings is 1. The second-order valence-corrected chi connectivity index (χ2v) is 7.07. The summed E-state index contributed by atoms with van der Waals surface area (Å²) in [6, 6.07) is 18.0. The van der Waals surface area contributed by atoms with Crippen LogP contribution in [0.3, 0.4) is 0 Å². The van der Waals surface area contributed by atoms with E-state index >= 15 is 0 Å². The van der Waals surface area contributed by atoms with Crippen molar-refractivity contribution in [2.75, 3.05) is 12.3 Å². The number of fused-ring (bicyclic) bond motifs is 1. The molecule has 128 valence electrons. The lowest BCUT2D eigenvalue weighted by atomic mass is 10.1. The lowest BCUT2D eigenvalue weighted by molar-refractivity contribution is 0.549. The Morgan fingerprint density at radius 3 is 2.54 bits per heavy atom. The molecule has 1 aliphatic rings. The molecule has 3 N–H and O–H groups in total. The van der Waals surface area contributed by atoms with Crippen LogP contribution in [0.25, 0.3) is 10.9 Å². The van der Waals surface area contributed by atoms with Crippen molar-refractivity contribution in [3.8, 4) is 11.8 Å². The number of hydrogen-bond acceptors (Lipinski definition) is 4. The monoisotopic (exact) mass is 340 g/mol. The van der Waals surface area contributed by atoms with Crippen molar-refractivity contribution in [2.45, 2.75) is 19.4 Å². The maximum Gasteiger partial charge on any atom is 0.139 e. The molecule has 0 spiro atoms. The van der Waals surface area contributed by atoms with Crippen molar-refractivity contribution in [1.82, 2.24) is 10.3 Å². The van der Waals surface area contributed by atoms with E-state index in [1.54, 1.807) is 0 Å². The smallest absolute Gasteiger partial charge is 0.139 e. The molecule has 4 nitrogen and oxygen atoms in total. The van der Waals surface area contributed by atoms with Crippen molar-refractivity contribution < 1.29 is 0 Å². The number of nitrogens with one attached hydrogen (secondary N) is 1. The third-order valence-corrected chi connectivity index (χ3v) is 4.36. The number of aromatic nitrogens is 1. The zero-order valence-electron chi connectivity index (χ0n) is 14.9. The molecule has 0 aliphatic carbocycles. The maximum atomic E-state index is 6.05. The summed E-state index contributed by atoms with van der Waals surface area (Å²) in [6.45, 7) is 5.10. The minimum atomic E-state index is -0.0472. The number of aliphatic imine (C=N–C) groups is 1. The second-order valence-electron chi connectivity index (χ2n) is 7.07. The van der Waals surface area contributed by atoms with Gasteiger partial charge in [-0.25, -0.2) is 4.98 Å². The van der Waals surface area contributed by atoms with Crippen LogP contribution in [0.4, 0.5) is 5.82 Å². The quantitative estimate of drug-likeness (QED) is 0.668. The van der Waals surface area contributed by atoms with E-state index in [0.29, 0.717) is 5.82 Å². The minimum Gasteiger partial charge on any atom is -0.383 e. The third-order valence-electron chi connectivity index (χ3n) is 4.36. The number of para-hydroxylation sites is 1. The van der Waals surface area contributed by atoms with Gasteiger partial charge in [-0.3, -0.25) is 4.99 Å². The van der Waals surface area contributed by atoms with Crippen LogP contribution < -0.4 is 11.1 Å². The van der Waals surface area contributed by atoms with E-state index in [9.17, 15) is 0 Å². The van der Waals surface area contributed by atoms with Gasteiger partial charge in [-0.05, 0) is 38.1 Å². The molecule has 0 amide bonds. The largest absolute Gasteiger partial charge is 0.383 e. The third kappa shape index (κ3) is 3.25. The number of nitrogens with two attached hydrogens (primary N) is 1. The van der Waals surface area contributed by atoms with Gasteiger partial charge < -0.3 is 11.1 Å². The Balaban J connectivity index is 1.60. The number of hydrogen-bond donors (Lipinski definition) is 2. The molecule has 4 rings (SSSR count). The lowest BCUT2D eigenvalue weighted by Crippen LogP contribution is -2.26. The molecule has 0 fully saturated rings. The van der Waals surface area contributed by atoms with E-state index in [-0.39, 0.29) is 5.54 Å². The fourth-order valence-corrected chi connectivity index (χ4v) is 2.93. The van der Waals surface area contributed by atoms with Crippen LogP contribution in [-0.2, 0) is 0 Å². The standard InChI is InChI=1S/C22H20N4/c1-22(2)14-24-21(26-22)16-10-7-15(8-11-16)9-12-18-13-17-5-3-4-6-19(17)25-20(18)23/h3-8,10-11,13H,14H2,1-2H3,(H2,23,25)(H,24,26). The highest BCUT2D eigenvalue weighted by Crippen LogP contribution is 2.18. The summed E-state index contributed by atoms with van der Waals surface area (Å²) in [5.41, 5.74) is 9.63. The molecule has 0 atom stereocenters. The molecule has 26 heavy (non-hydrogen) atoms. The van der Waals surface area contributed by atoms with E-state index in [0.717, 1.165) is 40.0 Å². The van der Waals surface area contributed by atoms with Crippen molar-refractivity contribution in [3.05, 3.63) is 71.3 Å². The fraction of sp³-hybridized carbons (Fsp3) is 0.182. The first-order valence-electron chi connectivity index (χ1n) is 8.62. The van der Waals surface area contributed by atoms with Crippen LogP contribution in [-0.4, -0.2) is 22.9 Å². The highest BCUT2D eigenvalue weighted by molar-refractivity contribution is 6.00. The van der Waals surface area contributed by atoms with Crippen molar-refractivity contribution in [3.63, 3.8) is 0 Å². The zero-order chi connectivity index (χ0) is 18.1. The minimum absolute atomic E-state index is 0.0472. The van der Waals surface area contributed by atoms with E-state index < -0.39 is 0 Å². The van der Waals surface area contributed by atoms with Crippen LogP contribution in [0.15, 0.2) is 59.6 Å². The van der Waals surface area contributed by atoms with E-state index in [2.05, 4.69) is 36.0 Å². The number of rotatable bonds is 1. The first-order chi connectivity index (χ1) is 12.5. The normalized spacial score (nSPS) is 15.1. The van der Waals surface area contributed by atoms with E-state index in [1.165, 1.54) is 0 Å². The summed E-state index contributed by atoms with van der Waals surface area (Å²) in [6.07, 6.45) is 0. The predicted octanol–water partition coefficient (Wildman–Crippen LogP) is 3.35. The summed E-state index contributed by atoms with van der Waals surface area (Å²) in [4.78, 5) is 9.12. The number of amidine groups is 1. The summed E-state index contributed by atoms with van der Waals surface area (Å²) >= 11 is 0. The molecule has 0 saturated carbocycles. The molecule has 2 aromatic carbocycles. The van der Waals surface area contributed by atoms with Crippen LogP contribution in [0.5, 0.6) is 0 Å². The predicted molar refractivity (Wildman–Crippen MR) is 107 cm³/mol. The summed E-state index contributed by atoms with van der Waals surface area (Å²) in [7, 11) is 0. The molecule has 0 radical (unpaired) electrons. The number of nitrogen functional groups attached to an aromatic ring is 1. The average Bonchev–Trinajstić information content (AvgIpc) is 3.00. The number of nitrogens with zero attached hydrogens (tertiary/aromatic N) is 2.